The van der Waals surface area contributed by atoms with Crippen molar-refractivity contribution >= 4 is 12.1 Å². The Morgan fingerprint density at radius 2 is 2.25 bits per heavy atom. The van der Waals surface area contributed by atoms with Crippen LogP contribution in [-0.2, 0) is 9.59 Å². The Balaban J connectivity index is 2.89. The summed E-state index contributed by atoms with van der Waals surface area (Å²) in [5, 5.41) is 0. The topological polar surface area (TPSA) is 34.1 Å². The van der Waals surface area contributed by atoms with Crippen LogP contribution in [0.1, 0.15) is 26.7 Å². The van der Waals surface area contributed by atoms with E-state index in [0.717, 1.165) is 6.29 Å². The first-order chi connectivity index (χ1) is 5.60. The van der Waals surface area contributed by atoms with Gasteiger partial charge in [-0.2, -0.15) is 0 Å². The van der Waals surface area contributed by atoms with Gasteiger partial charge in [0.25, 0.3) is 0 Å². The normalized spacial score (nSPS) is 29.4. The number of rotatable bonds is 2. The van der Waals surface area contributed by atoms with Gasteiger partial charge in [-0.05, 0) is 18.4 Å². The van der Waals surface area contributed by atoms with Crippen LogP contribution in [0.3, 0.4) is 0 Å². The summed E-state index contributed by atoms with van der Waals surface area (Å²) in [5.74, 6) is 0.410. The smallest absolute Gasteiger partial charge is 0.155 e. The Hall–Kier alpha value is -0.920. The standard InChI is InChI=1S/C10H14O2/c1-8(2)10(7-11)5-3-9(12)4-6-10/h3,5,7-8H,4,6H2,1-2H3/t10-/m0/s1. The van der Waals surface area contributed by atoms with Gasteiger partial charge in [0.15, 0.2) is 5.78 Å². The number of carbonyl (C=O) groups is 2. The Kier molecular flexibility index (Phi) is 2.46. The van der Waals surface area contributed by atoms with Gasteiger partial charge in [0.1, 0.15) is 6.29 Å². The highest BCUT2D eigenvalue weighted by molar-refractivity contribution is 5.92. The summed E-state index contributed by atoms with van der Waals surface area (Å²) in [4.78, 5) is 21.8. The van der Waals surface area contributed by atoms with Gasteiger partial charge in [-0.25, -0.2) is 0 Å². The molecule has 2 nitrogen and oxygen atoms in total. The molecule has 0 aromatic rings. The molecular formula is C10H14O2. The van der Waals surface area contributed by atoms with Gasteiger partial charge >= 0.3 is 0 Å². The fourth-order valence-corrected chi connectivity index (χ4v) is 1.47. The molecule has 0 spiro atoms. The van der Waals surface area contributed by atoms with E-state index in [1.807, 2.05) is 13.8 Å². The minimum atomic E-state index is -0.381. The largest absolute Gasteiger partial charge is 0.302 e. The van der Waals surface area contributed by atoms with Gasteiger partial charge in [-0.3, -0.25) is 4.79 Å². The molecule has 0 saturated heterocycles. The maximum atomic E-state index is 10.9. The summed E-state index contributed by atoms with van der Waals surface area (Å²) in [7, 11) is 0. The highest BCUT2D eigenvalue weighted by Gasteiger charge is 2.33. The lowest BCUT2D eigenvalue weighted by molar-refractivity contribution is -0.119. The monoisotopic (exact) mass is 166 g/mol. The van der Waals surface area contributed by atoms with Gasteiger partial charge in [-0.1, -0.05) is 19.9 Å². The molecule has 2 heteroatoms. The molecule has 0 heterocycles. The number of aldehydes is 1. The third-order valence-corrected chi connectivity index (χ3v) is 2.68. The zero-order chi connectivity index (χ0) is 9.19. The second-order valence-corrected chi connectivity index (χ2v) is 3.68. The van der Waals surface area contributed by atoms with Crippen LogP contribution in [0.2, 0.25) is 0 Å². The van der Waals surface area contributed by atoms with Gasteiger partial charge in [0.2, 0.25) is 0 Å². The highest BCUT2D eigenvalue weighted by Crippen LogP contribution is 2.34. The SMILES string of the molecule is CC(C)[C@@]1(C=O)C=CC(=O)CC1. The van der Waals surface area contributed by atoms with Crippen LogP contribution in [0.25, 0.3) is 0 Å². The van der Waals surface area contributed by atoms with Crippen LogP contribution in [0.15, 0.2) is 12.2 Å². The molecule has 1 aliphatic rings. The third-order valence-electron chi connectivity index (χ3n) is 2.68. The van der Waals surface area contributed by atoms with Crippen molar-refractivity contribution in [2.24, 2.45) is 11.3 Å². The molecule has 0 saturated carbocycles. The molecule has 0 radical (unpaired) electrons. The third kappa shape index (κ3) is 1.47. The van der Waals surface area contributed by atoms with Crippen LogP contribution in [-0.4, -0.2) is 12.1 Å². The van der Waals surface area contributed by atoms with Gasteiger partial charge in [0.05, 0.1) is 0 Å². The molecule has 1 atom stereocenters. The van der Waals surface area contributed by atoms with Gasteiger partial charge in [0, 0.05) is 11.8 Å². The number of ketones is 1. The number of allylic oxidation sites excluding steroid dienone is 2. The lowest BCUT2D eigenvalue weighted by atomic mass is 9.72. The molecule has 12 heavy (non-hydrogen) atoms. The molecule has 0 aliphatic heterocycles. The molecule has 1 rings (SSSR count). The van der Waals surface area contributed by atoms with E-state index >= 15 is 0 Å². The van der Waals surface area contributed by atoms with E-state index in [2.05, 4.69) is 0 Å². The van der Waals surface area contributed by atoms with E-state index in [9.17, 15) is 9.59 Å². The molecule has 0 bridgehead atoms. The van der Waals surface area contributed by atoms with E-state index in [1.165, 1.54) is 6.08 Å². The summed E-state index contributed by atoms with van der Waals surface area (Å²) in [5.41, 5.74) is -0.381. The van der Waals surface area contributed by atoms with E-state index in [4.69, 9.17) is 0 Å². The van der Waals surface area contributed by atoms with Crippen molar-refractivity contribution in [2.45, 2.75) is 26.7 Å². The summed E-state index contributed by atoms with van der Waals surface area (Å²) in [6.07, 6.45) is 5.45. The van der Waals surface area contributed by atoms with E-state index < -0.39 is 0 Å². The average molecular weight is 166 g/mol. The predicted molar refractivity (Wildman–Crippen MR) is 46.7 cm³/mol. The Morgan fingerprint density at radius 1 is 1.58 bits per heavy atom. The summed E-state index contributed by atoms with van der Waals surface area (Å²) in [6, 6.07) is 0. The molecular weight excluding hydrogens is 152 g/mol. The zero-order valence-electron chi connectivity index (χ0n) is 7.54. The van der Waals surface area contributed by atoms with Gasteiger partial charge in [-0.15, -0.1) is 0 Å². The average Bonchev–Trinajstić information content (AvgIpc) is 2.06. The molecule has 0 N–H and O–H groups in total. The number of hydrogen-bond donors (Lipinski definition) is 0. The number of hydrogen-bond acceptors (Lipinski definition) is 2. The van der Waals surface area contributed by atoms with Crippen molar-refractivity contribution in [3.8, 4) is 0 Å². The number of carbonyl (C=O) groups excluding carboxylic acids is 2. The minimum absolute atomic E-state index is 0.133. The van der Waals surface area contributed by atoms with E-state index in [-0.39, 0.29) is 17.1 Å². The lowest BCUT2D eigenvalue weighted by Gasteiger charge is -2.30. The van der Waals surface area contributed by atoms with Crippen LogP contribution in [0, 0.1) is 11.3 Å². The van der Waals surface area contributed by atoms with Crippen molar-refractivity contribution in [1.29, 1.82) is 0 Å². The van der Waals surface area contributed by atoms with Crippen LogP contribution >= 0.6 is 0 Å². The Morgan fingerprint density at radius 3 is 2.58 bits per heavy atom. The second-order valence-electron chi connectivity index (χ2n) is 3.68. The summed E-state index contributed by atoms with van der Waals surface area (Å²) in [6.45, 7) is 4.02. The first-order valence-corrected chi connectivity index (χ1v) is 4.29. The van der Waals surface area contributed by atoms with Crippen molar-refractivity contribution < 1.29 is 9.59 Å². The highest BCUT2D eigenvalue weighted by atomic mass is 16.1. The van der Waals surface area contributed by atoms with E-state index in [0.29, 0.717) is 12.8 Å². The maximum absolute atomic E-state index is 10.9. The quantitative estimate of drug-likeness (QED) is 0.585. The maximum Gasteiger partial charge on any atom is 0.155 e. The first-order valence-electron chi connectivity index (χ1n) is 4.29. The molecule has 0 aromatic carbocycles. The Labute approximate surface area is 72.7 Å². The Bertz CT molecular complexity index is 228. The molecule has 0 fully saturated rings. The van der Waals surface area contributed by atoms with Gasteiger partial charge < -0.3 is 4.79 Å². The fraction of sp³-hybridized carbons (Fsp3) is 0.600. The fourth-order valence-electron chi connectivity index (χ4n) is 1.47. The summed E-state index contributed by atoms with van der Waals surface area (Å²) < 4.78 is 0. The lowest BCUT2D eigenvalue weighted by Crippen LogP contribution is -2.30. The summed E-state index contributed by atoms with van der Waals surface area (Å²) >= 11 is 0. The minimum Gasteiger partial charge on any atom is -0.302 e. The molecule has 66 valence electrons. The van der Waals surface area contributed by atoms with Crippen molar-refractivity contribution in [1.82, 2.24) is 0 Å². The van der Waals surface area contributed by atoms with E-state index in [1.54, 1.807) is 6.08 Å². The molecule has 0 amide bonds. The molecule has 1 aliphatic carbocycles. The first kappa shape index (κ1) is 9.17. The van der Waals surface area contributed by atoms with Crippen molar-refractivity contribution in [2.75, 3.05) is 0 Å². The zero-order valence-corrected chi connectivity index (χ0v) is 7.54. The van der Waals surface area contributed by atoms with Crippen molar-refractivity contribution in [3.63, 3.8) is 0 Å². The predicted octanol–water partition coefficient (Wildman–Crippen LogP) is 1.75. The second kappa shape index (κ2) is 3.21. The van der Waals surface area contributed by atoms with Crippen LogP contribution in [0.4, 0.5) is 0 Å². The van der Waals surface area contributed by atoms with Crippen LogP contribution < -0.4 is 0 Å². The molecule has 0 unspecified atom stereocenters. The van der Waals surface area contributed by atoms with Crippen molar-refractivity contribution in [3.05, 3.63) is 12.2 Å². The van der Waals surface area contributed by atoms with Crippen LogP contribution in [0.5, 0.6) is 0 Å². The molecule has 0 aromatic heterocycles.